The van der Waals surface area contributed by atoms with E-state index < -0.39 is 12.1 Å². The molecule has 0 spiro atoms. The van der Waals surface area contributed by atoms with E-state index in [1.165, 1.54) is 5.56 Å². The van der Waals surface area contributed by atoms with Crippen LogP contribution in [0.4, 0.5) is 0 Å². The molecule has 0 heterocycles. The number of hydrogen-bond acceptors (Lipinski definition) is 4. The fraction of sp³-hybridized carbons (Fsp3) is 0.471. The summed E-state index contributed by atoms with van der Waals surface area (Å²) in [6.45, 7) is 9.31. The zero-order valence-electron chi connectivity index (χ0n) is 13.0. The SMILES string of the molecule is C=C(C)C(=O)OCC(O)COc1cccc(C(C)CC)c1. The van der Waals surface area contributed by atoms with E-state index in [0.717, 1.165) is 6.42 Å². The van der Waals surface area contributed by atoms with E-state index in [2.05, 4.69) is 26.5 Å². The van der Waals surface area contributed by atoms with Crippen molar-refractivity contribution in [3.8, 4) is 5.75 Å². The lowest BCUT2D eigenvalue weighted by Gasteiger charge is -2.14. The molecule has 0 aliphatic carbocycles. The van der Waals surface area contributed by atoms with E-state index in [-0.39, 0.29) is 13.2 Å². The van der Waals surface area contributed by atoms with Crippen molar-refractivity contribution >= 4 is 5.97 Å². The highest BCUT2D eigenvalue weighted by atomic mass is 16.5. The molecule has 1 aromatic rings. The molecule has 0 aromatic heterocycles. The first kappa shape index (κ1) is 17.2. The van der Waals surface area contributed by atoms with Gasteiger partial charge < -0.3 is 14.6 Å². The standard InChI is InChI=1S/C17H24O4/c1-5-13(4)14-7-6-8-16(9-14)20-10-15(18)11-21-17(19)12(2)3/h6-9,13,15,18H,2,5,10-11H2,1,3-4H3. The highest BCUT2D eigenvalue weighted by Gasteiger charge is 2.11. The monoisotopic (exact) mass is 292 g/mol. The summed E-state index contributed by atoms with van der Waals surface area (Å²) in [6.07, 6.45) is 0.198. The van der Waals surface area contributed by atoms with Crippen LogP contribution in [-0.2, 0) is 9.53 Å². The molecule has 0 fully saturated rings. The first-order valence-corrected chi connectivity index (χ1v) is 7.17. The molecule has 0 amide bonds. The van der Waals surface area contributed by atoms with Crippen LogP contribution in [0.1, 0.15) is 38.7 Å². The Bertz CT molecular complexity index is 481. The maximum Gasteiger partial charge on any atom is 0.333 e. The molecular weight excluding hydrogens is 268 g/mol. The van der Waals surface area contributed by atoms with Gasteiger partial charge >= 0.3 is 5.97 Å². The lowest BCUT2D eigenvalue weighted by atomic mass is 9.99. The first-order chi connectivity index (χ1) is 9.93. The highest BCUT2D eigenvalue weighted by molar-refractivity contribution is 5.86. The molecule has 0 radical (unpaired) electrons. The molecule has 0 saturated carbocycles. The van der Waals surface area contributed by atoms with Crippen molar-refractivity contribution in [2.75, 3.05) is 13.2 Å². The normalized spacial score (nSPS) is 13.3. The molecule has 1 aromatic carbocycles. The van der Waals surface area contributed by atoms with Crippen molar-refractivity contribution in [3.05, 3.63) is 42.0 Å². The van der Waals surface area contributed by atoms with Gasteiger partial charge in [0.1, 0.15) is 25.1 Å². The quantitative estimate of drug-likeness (QED) is 0.591. The first-order valence-electron chi connectivity index (χ1n) is 7.17. The number of benzene rings is 1. The summed E-state index contributed by atoms with van der Waals surface area (Å²) in [5.41, 5.74) is 1.52. The fourth-order valence-corrected chi connectivity index (χ4v) is 1.68. The molecule has 2 atom stereocenters. The molecule has 4 nitrogen and oxygen atoms in total. The van der Waals surface area contributed by atoms with Crippen LogP contribution >= 0.6 is 0 Å². The Hall–Kier alpha value is -1.81. The fourth-order valence-electron chi connectivity index (χ4n) is 1.68. The molecule has 0 bridgehead atoms. The number of aliphatic hydroxyl groups excluding tert-OH is 1. The Morgan fingerprint density at radius 3 is 2.71 bits per heavy atom. The number of ether oxygens (including phenoxy) is 2. The molecule has 21 heavy (non-hydrogen) atoms. The van der Waals surface area contributed by atoms with Crippen molar-refractivity contribution in [2.24, 2.45) is 0 Å². The van der Waals surface area contributed by atoms with E-state index in [1.807, 2.05) is 18.2 Å². The molecule has 116 valence electrons. The van der Waals surface area contributed by atoms with Crippen LogP contribution in [-0.4, -0.2) is 30.4 Å². The van der Waals surface area contributed by atoms with Gasteiger partial charge in [0.15, 0.2) is 0 Å². The van der Waals surface area contributed by atoms with Gasteiger partial charge in [0, 0.05) is 5.57 Å². The van der Waals surface area contributed by atoms with Gasteiger partial charge in [0.25, 0.3) is 0 Å². The van der Waals surface area contributed by atoms with E-state index in [1.54, 1.807) is 6.92 Å². The molecular formula is C17H24O4. The molecule has 0 aliphatic rings. The number of hydrogen-bond donors (Lipinski definition) is 1. The summed E-state index contributed by atoms with van der Waals surface area (Å²) in [6, 6.07) is 7.82. The van der Waals surface area contributed by atoms with Gasteiger partial charge in [0.05, 0.1) is 0 Å². The Morgan fingerprint density at radius 1 is 1.38 bits per heavy atom. The third-order valence-electron chi connectivity index (χ3n) is 3.24. The Morgan fingerprint density at radius 2 is 2.10 bits per heavy atom. The number of aliphatic hydroxyl groups is 1. The number of rotatable bonds is 8. The van der Waals surface area contributed by atoms with Crippen LogP contribution in [0.2, 0.25) is 0 Å². The minimum atomic E-state index is -0.861. The smallest absolute Gasteiger partial charge is 0.333 e. The van der Waals surface area contributed by atoms with Crippen LogP contribution in [0.3, 0.4) is 0 Å². The second kappa shape index (κ2) is 8.47. The van der Waals surface area contributed by atoms with Gasteiger partial charge in [0.2, 0.25) is 0 Å². The summed E-state index contributed by atoms with van der Waals surface area (Å²) >= 11 is 0. The minimum absolute atomic E-state index is 0.0768. The average Bonchev–Trinajstić information content (AvgIpc) is 2.49. The second-order valence-corrected chi connectivity index (χ2v) is 5.23. The van der Waals surface area contributed by atoms with Gasteiger partial charge in [-0.3, -0.25) is 0 Å². The topological polar surface area (TPSA) is 55.8 Å². The van der Waals surface area contributed by atoms with E-state index in [0.29, 0.717) is 17.2 Å². The Balaban J connectivity index is 2.44. The van der Waals surface area contributed by atoms with Gasteiger partial charge in [-0.15, -0.1) is 0 Å². The van der Waals surface area contributed by atoms with E-state index in [4.69, 9.17) is 9.47 Å². The van der Waals surface area contributed by atoms with Gasteiger partial charge in [-0.2, -0.15) is 0 Å². The molecule has 1 N–H and O–H groups in total. The van der Waals surface area contributed by atoms with Crippen molar-refractivity contribution in [2.45, 2.75) is 39.2 Å². The van der Waals surface area contributed by atoms with Crippen LogP contribution in [0.5, 0.6) is 5.75 Å². The van der Waals surface area contributed by atoms with E-state index >= 15 is 0 Å². The Kier molecular flexibility index (Phi) is 6.96. The van der Waals surface area contributed by atoms with Gasteiger partial charge in [-0.25, -0.2) is 4.79 Å². The third kappa shape index (κ3) is 6.00. The van der Waals surface area contributed by atoms with Gasteiger partial charge in [-0.05, 0) is 37.0 Å². The predicted molar refractivity (Wildman–Crippen MR) is 82.4 cm³/mol. The summed E-state index contributed by atoms with van der Waals surface area (Å²) in [7, 11) is 0. The van der Waals surface area contributed by atoms with Crippen molar-refractivity contribution in [3.63, 3.8) is 0 Å². The lowest BCUT2D eigenvalue weighted by molar-refractivity contribution is -0.142. The maximum atomic E-state index is 11.2. The van der Waals surface area contributed by atoms with Crippen LogP contribution in [0.15, 0.2) is 36.4 Å². The molecule has 0 saturated heterocycles. The maximum absolute atomic E-state index is 11.2. The highest BCUT2D eigenvalue weighted by Crippen LogP contribution is 2.22. The van der Waals surface area contributed by atoms with E-state index in [9.17, 15) is 9.90 Å². The van der Waals surface area contributed by atoms with Crippen molar-refractivity contribution in [1.82, 2.24) is 0 Å². The lowest BCUT2D eigenvalue weighted by Crippen LogP contribution is -2.25. The Labute approximate surface area is 126 Å². The predicted octanol–water partition coefficient (Wildman–Crippen LogP) is 3.06. The molecule has 1 rings (SSSR count). The second-order valence-electron chi connectivity index (χ2n) is 5.23. The largest absolute Gasteiger partial charge is 0.491 e. The summed E-state index contributed by atoms with van der Waals surface area (Å²) in [4.78, 5) is 11.2. The molecule has 0 aliphatic heterocycles. The number of carbonyl (C=O) groups is 1. The summed E-state index contributed by atoms with van der Waals surface area (Å²) in [5, 5.41) is 9.73. The zero-order chi connectivity index (χ0) is 15.8. The van der Waals surface area contributed by atoms with Crippen molar-refractivity contribution < 1.29 is 19.4 Å². The molecule has 2 unspecified atom stereocenters. The third-order valence-corrected chi connectivity index (χ3v) is 3.24. The van der Waals surface area contributed by atoms with Gasteiger partial charge in [-0.1, -0.05) is 32.6 Å². The summed E-state index contributed by atoms with van der Waals surface area (Å²) in [5.74, 6) is 0.667. The van der Waals surface area contributed by atoms with Crippen LogP contribution in [0.25, 0.3) is 0 Å². The minimum Gasteiger partial charge on any atom is -0.491 e. The number of esters is 1. The van der Waals surface area contributed by atoms with Crippen LogP contribution in [0, 0.1) is 0 Å². The zero-order valence-corrected chi connectivity index (χ0v) is 13.0. The summed E-state index contributed by atoms with van der Waals surface area (Å²) < 4.78 is 10.4. The molecule has 4 heteroatoms. The average molecular weight is 292 g/mol. The van der Waals surface area contributed by atoms with Crippen molar-refractivity contribution in [1.29, 1.82) is 0 Å². The van der Waals surface area contributed by atoms with Crippen LogP contribution < -0.4 is 4.74 Å². The number of carbonyl (C=O) groups excluding carboxylic acids is 1.